The number of carboxylic acid groups (broad SMARTS) is 1. The van der Waals surface area contributed by atoms with Crippen LogP contribution in [0.4, 0.5) is 4.39 Å². The fourth-order valence-electron chi connectivity index (χ4n) is 3.89. The van der Waals surface area contributed by atoms with Crippen LogP contribution in [0, 0.1) is 11.8 Å². The molecular weight excluding hydrogens is 339 g/mol. The molecule has 0 aromatic rings. The first kappa shape index (κ1) is 20.9. The molecule has 3 N–H and O–H groups in total. The van der Waals surface area contributed by atoms with E-state index in [1.54, 1.807) is 6.08 Å². The van der Waals surface area contributed by atoms with Gasteiger partial charge in [-0.1, -0.05) is 38.3 Å². The third-order valence-electron chi connectivity index (χ3n) is 5.35. The molecule has 2 aliphatic rings. The fraction of sp³-hybridized carbons (Fsp3) is 0.750. The van der Waals surface area contributed by atoms with E-state index in [0.717, 1.165) is 19.3 Å². The average Bonchev–Trinajstić information content (AvgIpc) is 3.10. The highest BCUT2D eigenvalue weighted by Gasteiger charge is 2.47. The van der Waals surface area contributed by atoms with E-state index in [2.05, 4.69) is 6.92 Å². The van der Waals surface area contributed by atoms with Gasteiger partial charge in [0, 0.05) is 37.5 Å². The highest BCUT2D eigenvalue weighted by molar-refractivity contribution is 5.66. The Labute approximate surface area is 154 Å². The molecule has 2 rings (SSSR count). The third-order valence-corrected chi connectivity index (χ3v) is 5.35. The summed E-state index contributed by atoms with van der Waals surface area (Å²) in [6.07, 6.45) is 7.34. The Bertz CT molecular complexity index is 530. The molecule has 6 heteroatoms. The summed E-state index contributed by atoms with van der Waals surface area (Å²) in [5.74, 6) is -1.15. The van der Waals surface area contributed by atoms with Crippen molar-refractivity contribution in [3.8, 4) is 0 Å². The maximum atomic E-state index is 14.2. The van der Waals surface area contributed by atoms with Crippen LogP contribution in [0.1, 0.15) is 64.7 Å². The van der Waals surface area contributed by atoms with Gasteiger partial charge in [-0.25, -0.2) is 4.39 Å². The number of allylic oxidation sites excluding steroid dienone is 2. The molecule has 2 fully saturated rings. The standard InChI is InChI=1S/C20H31FO5/c1-2-3-4-6-13(22)9-10-14-15-11-19(26-18(15)12-17(14)23)16(21)7-5-8-20(24)25/h9-10,13-15,17-18,22-23H,2-8,11-12H2,1H3,(H,24,25)/b10-9+,19-16-. The summed E-state index contributed by atoms with van der Waals surface area (Å²) in [6, 6.07) is 0. The van der Waals surface area contributed by atoms with Crippen molar-refractivity contribution in [1.82, 2.24) is 0 Å². The van der Waals surface area contributed by atoms with Gasteiger partial charge in [-0.15, -0.1) is 0 Å². The van der Waals surface area contributed by atoms with Gasteiger partial charge in [0.15, 0.2) is 0 Å². The third kappa shape index (κ3) is 5.81. The zero-order valence-electron chi connectivity index (χ0n) is 15.4. The van der Waals surface area contributed by atoms with Gasteiger partial charge >= 0.3 is 5.97 Å². The molecular formula is C20H31FO5. The molecule has 1 heterocycles. The van der Waals surface area contributed by atoms with Gasteiger partial charge in [-0.05, 0) is 12.8 Å². The first-order valence-electron chi connectivity index (χ1n) is 9.72. The predicted octanol–water partition coefficient (Wildman–Crippen LogP) is 3.71. The Morgan fingerprint density at radius 1 is 1.35 bits per heavy atom. The van der Waals surface area contributed by atoms with Gasteiger partial charge < -0.3 is 20.1 Å². The minimum atomic E-state index is -0.933. The summed E-state index contributed by atoms with van der Waals surface area (Å²) in [4.78, 5) is 10.5. The van der Waals surface area contributed by atoms with Crippen molar-refractivity contribution in [1.29, 1.82) is 0 Å². The molecule has 0 spiro atoms. The van der Waals surface area contributed by atoms with E-state index in [-0.39, 0.29) is 43.0 Å². The van der Waals surface area contributed by atoms with Gasteiger partial charge in [0.2, 0.25) is 0 Å². The van der Waals surface area contributed by atoms with Crippen molar-refractivity contribution in [2.24, 2.45) is 11.8 Å². The first-order valence-corrected chi connectivity index (χ1v) is 9.72. The minimum Gasteiger partial charge on any atom is -0.492 e. The monoisotopic (exact) mass is 370 g/mol. The second kappa shape index (κ2) is 10.1. The summed E-state index contributed by atoms with van der Waals surface area (Å²) in [7, 11) is 0. The van der Waals surface area contributed by atoms with Crippen LogP contribution < -0.4 is 0 Å². The van der Waals surface area contributed by atoms with Crippen LogP contribution in [-0.2, 0) is 9.53 Å². The van der Waals surface area contributed by atoms with Gasteiger partial charge in [0.1, 0.15) is 17.7 Å². The van der Waals surface area contributed by atoms with Crippen LogP contribution in [0.25, 0.3) is 0 Å². The maximum absolute atomic E-state index is 14.2. The molecule has 5 atom stereocenters. The van der Waals surface area contributed by atoms with Crippen LogP contribution in [0.2, 0.25) is 0 Å². The number of aliphatic hydroxyl groups is 2. The van der Waals surface area contributed by atoms with Gasteiger partial charge in [0.25, 0.3) is 0 Å². The average molecular weight is 370 g/mol. The van der Waals surface area contributed by atoms with E-state index in [1.807, 2.05) is 6.08 Å². The molecule has 1 saturated carbocycles. The summed E-state index contributed by atoms with van der Waals surface area (Å²) >= 11 is 0. The molecule has 5 unspecified atom stereocenters. The van der Waals surface area contributed by atoms with E-state index in [0.29, 0.717) is 25.0 Å². The van der Waals surface area contributed by atoms with Gasteiger partial charge in [-0.2, -0.15) is 0 Å². The van der Waals surface area contributed by atoms with E-state index in [9.17, 15) is 19.4 Å². The molecule has 1 aliphatic carbocycles. The molecule has 148 valence electrons. The number of halogens is 1. The van der Waals surface area contributed by atoms with E-state index in [1.165, 1.54) is 0 Å². The topological polar surface area (TPSA) is 87.0 Å². The highest BCUT2D eigenvalue weighted by atomic mass is 19.1. The van der Waals surface area contributed by atoms with E-state index in [4.69, 9.17) is 9.84 Å². The summed E-state index contributed by atoms with van der Waals surface area (Å²) in [5, 5.41) is 28.9. The Balaban J connectivity index is 1.90. The van der Waals surface area contributed by atoms with Crippen LogP contribution >= 0.6 is 0 Å². The number of carboxylic acids is 1. The Morgan fingerprint density at radius 3 is 2.81 bits per heavy atom. The minimum absolute atomic E-state index is 0.00400. The lowest BCUT2D eigenvalue weighted by molar-refractivity contribution is -0.137. The predicted molar refractivity (Wildman–Crippen MR) is 96.0 cm³/mol. The second-order valence-electron chi connectivity index (χ2n) is 7.43. The first-order chi connectivity index (χ1) is 12.4. The molecule has 0 radical (unpaired) electrons. The normalized spacial score (nSPS) is 31.1. The van der Waals surface area contributed by atoms with Gasteiger partial charge in [-0.3, -0.25) is 4.79 Å². The Morgan fingerprint density at radius 2 is 2.12 bits per heavy atom. The molecule has 1 aliphatic heterocycles. The lowest BCUT2D eigenvalue weighted by atomic mass is 9.90. The Hall–Kier alpha value is -1.40. The molecule has 0 aromatic heterocycles. The number of aliphatic hydroxyl groups excluding tert-OH is 2. The largest absolute Gasteiger partial charge is 0.492 e. The lowest BCUT2D eigenvalue weighted by Gasteiger charge is -2.16. The molecule has 0 aromatic carbocycles. The summed E-state index contributed by atoms with van der Waals surface area (Å²) < 4.78 is 19.9. The van der Waals surface area contributed by atoms with Crippen LogP contribution in [-0.4, -0.2) is 39.6 Å². The molecule has 5 nitrogen and oxygen atoms in total. The molecule has 0 amide bonds. The van der Waals surface area contributed by atoms with Crippen molar-refractivity contribution in [3.05, 3.63) is 23.7 Å². The number of rotatable bonds is 10. The number of carbonyl (C=O) groups is 1. The van der Waals surface area contributed by atoms with Crippen LogP contribution in [0.3, 0.4) is 0 Å². The number of hydrogen-bond donors (Lipinski definition) is 3. The molecule has 1 saturated heterocycles. The van der Waals surface area contributed by atoms with E-state index < -0.39 is 18.2 Å². The van der Waals surface area contributed by atoms with Crippen LogP contribution in [0.15, 0.2) is 23.7 Å². The number of hydrogen-bond acceptors (Lipinski definition) is 4. The fourth-order valence-corrected chi connectivity index (χ4v) is 3.89. The number of fused-ring (bicyclic) bond motifs is 1. The number of unbranched alkanes of at least 4 members (excludes halogenated alkanes) is 2. The SMILES string of the molecule is CCCCCC(O)/C=C/C1C(O)CC2O/C(=C(\F)CCCC(=O)O)CC21. The molecule has 26 heavy (non-hydrogen) atoms. The van der Waals surface area contributed by atoms with Crippen molar-refractivity contribution in [2.75, 3.05) is 0 Å². The zero-order valence-corrected chi connectivity index (χ0v) is 15.4. The lowest BCUT2D eigenvalue weighted by Crippen LogP contribution is -2.18. The number of aliphatic carboxylic acids is 1. The van der Waals surface area contributed by atoms with Gasteiger partial charge in [0.05, 0.1) is 12.2 Å². The zero-order chi connectivity index (χ0) is 19.1. The quantitative estimate of drug-likeness (QED) is 0.403. The van der Waals surface area contributed by atoms with E-state index >= 15 is 0 Å². The second-order valence-corrected chi connectivity index (χ2v) is 7.43. The van der Waals surface area contributed by atoms with Crippen molar-refractivity contribution >= 4 is 5.97 Å². The maximum Gasteiger partial charge on any atom is 0.303 e. The van der Waals surface area contributed by atoms with Crippen molar-refractivity contribution in [3.63, 3.8) is 0 Å². The molecule has 0 bridgehead atoms. The van der Waals surface area contributed by atoms with Crippen molar-refractivity contribution < 1.29 is 29.2 Å². The van der Waals surface area contributed by atoms with Crippen LogP contribution in [0.5, 0.6) is 0 Å². The van der Waals surface area contributed by atoms with Crippen molar-refractivity contribution in [2.45, 2.75) is 83.0 Å². The Kier molecular flexibility index (Phi) is 8.10. The smallest absolute Gasteiger partial charge is 0.303 e. The highest BCUT2D eigenvalue weighted by Crippen LogP contribution is 2.46. The number of ether oxygens (including phenoxy) is 1. The summed E-state index contributed by atoms with van der Waals surface area (Å²) in [5.41, 5.74) is 0. The summed E-state index contributed by atoms with van der Waals surface area (Å²) in [6.45, 7) is 2.11.